The number of nitrogens with one attached hydrogen (secondary N) is 1. The van der Waals surface area contributed by atoms with E-state index in [-0.39, 0.29) is 22.9 Å². The summed E-state index contributed by atoms with van der Waals surface area (Å²) in [6, 6.07) is 15.4. The molecule has 0 aliphatic heterocycles. The fourth-order valence-electron chi connectivity index (χ4n) is 2.30. The Morgan fingerprint density at radius 3 is 2.37 bits per heavy atom. The third-order valence-electron chi connectivity index (χ3n) is 3.51. The summed E-state index contributed by atoms with van der Waals surface area (Å²) in [4.78, 5) is 24.2. The Labute approximate surface area is 158 Å². The van der Waals surface area contributed by atoms with Crippen molar-refractivity contribution in [3.8, 4) is 11.8 Å². The maximum Gasteiger partial charge on any atom is 0.339 e. The lowest BCUT2D eigenvalue weighted by Crippen LogP contribution is -2.16. The normalized spacial score (nSPS) is 10.9. The highest BCUT2D eigenvalue weighted by Crippen LogP contribution is 2.19. The van der Waals surface area contributed by atoms with Gasteiger partial charge in [0.1, 0.15) is 17.4 Å². The van der Waals surface area contributed by atoms with E-state index in [2.05, 4.69) is 5.32 Å². The van der Waals surface area contributed by atoms with E-state index in [0.717, 1.165) is 0 Å². The molecule has 27 heavy (non-hydrogen) atoms. The van der Waals surface area contributed by atoms with Crippen molar-refractivity contribution in [2.24, 2.45) is 0 Å². The lowest BCUT2D eigenvalue weighted by molar-refractivity contribution is -0.112. The molecule has 0 unspecified atom stereocenters. The molecule has 0 saturated carbocycles. The maximum absolute atomic E-state index is 12.4. The molecule has 0 bridgehead atoms. The molecule has 6 heteroatoms. The zero-order valence-corrected chi connectivity index (χ0v) is 15.4. The smallest absolute Gasteiger partial charge is 0.339 e. The van der Waals surface area contributed by atoms with Gasteiger partial charge in [0.05, 0.1) is 24.5 Å². The second-order valence-corrected chi connectivity index (χ2v) is 5.90. The number of hydrogen-bond acceptors (Lipinski definition) is 5. The topological polar surface area (TPSA) is 88.4 Å². The number of amides is 1. The summed E-state index contributed by atoms with van der Waals surface area (Å²) in [7, 11) is 1.26. The molecule has 0 aliphatic carbocycles. The summed E-state index contributed by atoms with van der Waals surface area (Å²) in [5.74, 6) is -0.484. The van der Waals surface area contributed by atoms with Crippen LogP contribution < -0.4 is 10.1 Å². The molecule has 0 radical (unpaired) electrons. The monoisotopic (exact) mass is 364 g/mol. The van der Waals surface area contributed by atoms with E-state index in [9.17, 15) is 14.9 Å². The number of methoxy groups -OCH3 is 1. The molecule has 0 spiro atoms. The molecular weight excluding hydrogens is 344 g/mol. The molecule has 0 saturated heterocycles. The van der Waals surface area contributed by atoms with Crippen molar-refractivity contribution in [1.82, 2.24) is 0 Å². The molecule has 1 N–H and O–H groups in total. The molecule has 0 heterocycles. The molecule has 2 rings (SSSR count). The molecule has 1 amide bonds. The quantitative estimate of drug-likeness (QED) is 0.478. The first-order valence-corrected chi connectivity index (χ1v) is 8.31. The Balaban J connectivity index is 2.20. The fraction of sp³-hybridized carbons (Fsp3) is 0.190. The highest BCUT2D eigenvalue weighted by atomic mass is 16.5. The zero-order chi connectivity index (χ0) is 19.8. The van der Waals surface area contributed by atoms with Crippen LogP contribution in [0.1, 0.15) is 29.8 Å². The van der Waals surface area contributed by atoms with Crippen LogP contribution in [0.25, 0.3) is 6.08 Å². The van der Waals surface area contributed by atoms with E-state index in [1.54, 1.807) is 42.5 Å². The SMILES string of the molecule is COC(=O)c1ccccc1NC(=O)C(C#N)=Cc1ccc(OC(C)C)cc1. The van der Waals surface area contributed by atoms with Gasteiger partial charge in [-0.25, -0.2) is 4.79 Å². The average molecular weight is 364 g/mol. The number of ether oxygens (including phenoxy) is 2. The van der Waals surface area contributed by atoms with Crippen LogP contribution in [-0.4, -0.2) is 25.1 Å². The van der Waals surface area contributed by atoms with E-state index in [1.165, 1.54) is 19.3 Å². The number of para-hydroxylation sites is 1. The first kappa shape index (κ1) is 19.7. The van der Waals surface area contributed by atoms with Crippen molar-refractivity contribution in [3.63, 3.8) is 0 Å². The lowest BCUT2D eigenvalue weighted by Gasteiger charge is -2.10. The average Bonchev–Trinajstić information content (AvgIpc) is 2.66. The summed E-state index contributed by atoms with van der Waals surface area (Å²) in [5.41, 5.74) is 1.07. The Morgan fingerprint density at radius 1 is 1.11 bits per heavy atom. The number of nitrogens with zero attached hydrogens (tertiary/aromatic N) is 1. The number of nitriles is 1. The first-order valence-electron chi connectivity index (χ1n) is 8.31. The van der Waals surface area contributed by atoms with Crippen LogP contribution in [-0.2, 0) is 9.53 Å². The third kappa shape index (κ3) is 5.44. The minimum atomic E-state index is -0.614. The summed E-state index contributed by atoms with van der Waals surface area (Å²) in [5, 5.41) is 11.9. The number of esters is 1. The lowest BCUT2D eigenvalue weighted by atomic mass is 10.1. The van der Waals surface area contributed by atoms with Gasteiger partial charge in [-0.3, -0.25) is 4.79 Å². The number of hydrogen-bond donors (Lipinski definition) is 1. The minimum Gasteiger partial charge on any atom is -0.491 e. The van der Waals surface area contributed by atoms with Gasteiger partial charge in [0.15, 0.2) is 0 Å². The van der Waals surface area contributed by atoms with E-state index < -0.39 is 11.9 Å². The molecule has 0 aliphatic rings. The van der Waals surface area contributed by atoms with Gasteiger partial charge in [-0.1, -0.05) is 24.3 Å². The molecule has 0 aromatic heterocycles. The summed E-state index contributed by atoms with van der Waals surface area (Å²) in [6.45, 7) is 3.86. The van der Waals surface area contributed by atoms with Crippen LogP contribution in [0.3, 0.4) is 0 Å². The minimum absolute atomic E-state index is 0.0571. The molecular formula is C21H20N2O4. The highest BCUT2D eigenvalue weighted by molar-refractivity contribution is 6.11. The maximum atomic E-state index is 12.4. The largest absolute Gasteiger partial charge is 0.491 e. The van der Waals surface area contributed by atoms with Gasteiger partial charge in [0.25, 0.3) is 5.91 Å². The first-order chi connectivity index (χ1) is 12.9. The van der Waals surface area contributed by atoms with Gasteiger partial charge in [-0.15, -0.1) is 0 Å². The van der Waals surface area contributed by atoms with Crippen LogP contribution in [0.4, 0.5) is 5.69 Å². The molecule has 0 atom stereocenters. The van der Waals surface area contributed by atoms with E-state index in [4.69, 9.17) is 9.47 Å². The van der Waals surface area contributed by atoms with Crippen LogP contribution in [0.2, 0.25) is 0 Å². The molecule has 6 nitrogen and oxygen atoms in total. The Bertz CT molecular complexity index is 893. The van der Waals surface area contributed by atoms with Crippen LogP contribution in [0.5, 0.6) is 5.75 Å². The van der Waals surface area contributed by atoms with Crippen LogP contribution in [0, 0.1) is 11.3 Å². The van der Waals surface area contributed by atoms with Gasteiger partial charge >= 0.3 is 5.97 Å². The molecule has 138 valence electrons. The Morgan fingerprint density at radius 2 is 1.78 bits per heavy atom. The fourth-order valence-corrected chi connectivity index (χ4v) is 2.30. The molecule has 2 aromatic carbocycles. The number of rotatable bonds is 6. The van der Waals surface area contributed by atoms with Gasteiger partial charge in [-0.05, 0) is 49.8 Å². The number of carbonyl (C=O) groups excluding carboxylic acids is 2. The predicted molar refractivity (Wildman–Crippen MR) is 102 cm³/mol. The number of carbonyl (C=O) groups is 2. The summed E-state index contributed by atoms with van der Waals surface area (Å²) < 4.78 is 10.3. The summed E-state index contributed by atoms with van der Waals surface area (Å²) in [6.07, 6.45) is 1.52. The zero-order valence-electron chi connectivity index (χ0n) is 15.4. The summed E-state index contributed by atoms with van der Waals surface area (Å²) >= 11 is 0. The highest BCUT2D eigenvalue weighted by Gasteiger charge is 2.15. The second kappa shape index (κ2) is 9.20. The third-order valence-corrected chi connectivity index (χ3v) is 3.51. The van der Waals surface area contributed by atoms with E-state index in [0.29, 0.717) is 11.3 Å². The van der Waals surface area contributed by atoms with Gasteiger partial charge in [0.2, 0.25) is 0 Å². The van der Waals surface area contributed by atoms with Gasteiger partial charge < -0.3 is 14.8 Å². The van der Waals surface area contributed by atoms with Crippen molar-refractivity contribution >= 4 is 23.6 Å². The van der Waals surface area contributed by atoms with E-state index >= 15 is 0 Å². The van der Waals surface area contributed by atoms with Crippen LogP contribution >= 0.6 is 0 Å². The van der Waals surface area contributed by atoms with E-state index in [1.807, 2.05) is 19.9 Å². The van der Waals surface area contributed by atoms with Crippen molar-refractivity contribution in [2.45, 2.75) is 20.0 Å². The van der Waals surface area contributed by atoms with Gasteiger partial charge in [-0.2, -0.15) is 5.26 Å². The number of anilines is 1. The number of benzene rings is 2. The second-order valence-electron chi connectivity index (χ2n) is 5.90. The van der Waals surface area contributed by atoms with Gasteiger partial charge in [0, 0.05) is 0 Å². The standard InChI is InChI=1S/C21H20N2O4/c1-14(2)27-17-10-8-15(9-11-17)12-16(13-22)20(24)23-19-7-5-4-6-18(19)21(25)26-3/h4-12,14H,1-3H3,(H,23,24). The van der Waals surface area contributed by atoms with Crippen molar-refractivity contribution < 1.29 is 19.1 Å². The van der Waals surface area contributed by atoms with Crippen molar-refractivity contribution in [3.05, 3.63) is 65.2 Å². The Hall–Kier alpha value is -3.59. The Kier molecular flexibility index (Phi) is 6.73. The molecule has 0 fully saturated rings. The molecule has 2 aromatic rings. The predicted octanol–water partition coefficient (Wildman–Crippen LogP) is 3.81. The van der Waals surface area contributed by atoms with Crippen LogP contribution in [0.15, 0.2) is 54.1 Å². The van der Waals surface area contributed by atoms with Crippen molar-refractivity contribution in [2.75, 3.05) is 12.4 Å². The van der Waals surface area contributed by atoms with Crippen molar-refractivity contribution in [1.29, 1.82) is 5.26 Å².